The molecule has 8 nitrogen and oxygen atoms in total. The number of hydrogen-bond donors (Lipinski definition) is 0. The third-order valence-electron chi connectivity index (χ3n) is 4.48. The minimum absolute atomic E-state index is 0.105. The van der Waals surface area contributed by atoms with Gasteiger partial charge in [-0.05, 0) is 26.0 Å². The molecule has 2 saturated heterocycles. The summed E-state index contributed by atoms with van der Waals surface area (Å²) in [6.45, 7) is 6.33. The van der Waals surface area contributed by atoms with E-state index < -0.39 is 10.2 Å². The first-order chi connectivity index (χ1) is 11.9. The summed E-state index contributed by atoms with van der Waals surface area (Å²) in [7, 11) is -3.50. The molecular formula is C16H23N5O3S. The molecule has 2 fully saturated rings. The van der Waals surface area contributed by atoms with E-state index in [9.17, 15) is 13.7 Å². The van der Waals surface area contributed by atoms with Crippen molar-refractivity contribution in [3.63, 3.8) is 0 Å². The predicted octanol–water partition coefficient (Wildman–Crippen LogP) is 0.429. The van der Waals surface area contributed by atoms with E-state index in [1.807, 2.05) is 18.7 Å². The quantitative estimate of drug-likeness (QED) is 0.772. The molecule has 0 unspecified atom stereocenters. The standard InChI is InChI=1S/C16H23N5O3S/c1-13-11-21(12-14(2)24-13)25(22,23)20-8-6-19(7-9-20)16-15(10-17)4-3-5-18-16/h3-5,13-14H,6-9,11-12H2,1-2H3/t13-,14+. The number of pyridine rings is 1. The fraction of sp³-hybridized carbons (Fsp3) is 0.625. The van der Waals surface area contributed by atoms with E-state index in [1.54, 1.807) is 18.3 Å². The van der Waals surface area contributed by atoms with Gasteiger partial charge in [-0.25, -0.2) is 4.98 Å². The highest BCUT2D eigenvalue weighted by Crippen LogP contribution is 2.22. The molecule has 3 rings (SSSR count). The van der Waals surface area contributed by atoms with Gasteiger partial charge in [0.2, 0.25) is 0 Å². The van der Waals surface area contributed by atoms with Gasteiger partial charge in [0.1, 0.15) is 11.9 Å². The average molecular weight is 365 g/mol. The Balaban J connectivity index is 1.68. The molecule has 9 heteroatoms. The molecular weight excluding hydrogens is 342 g/mol. The lowest BCUT2D eigenvalue weighted by Crippen LogP contribution is -2.57. The van der Waals surface area contributed by atoms with Crippen molar-refractivity contribution in [2.45, 2.75) is 26.1 Å². The topological polar surface area (TPSA) is 89.8 Å². The summed E-state index contributed by atoms with van der Waals surface area (Å²) >= 11 is 0. The molecule has 0 spiro atoms. The van der Waals surface area contributed by atoms with Gasteiger partial charge < -0.3 is 9.64 Å². The van der Waals surface area contributed by atoms with Gasteiger partial charge in [0.25, 0.3) is 10.2 Å². The van der Waals surface area contributed by atoms with Crippen molar-refractivity contribution < 1.29 is 13.2 Å². The van der Waals surface area contributed by atoms with Crippen molar-refractivity contribution in [3.8, 4) is 6.07 Å². The smallest absolute Gasteiger partial charge is 0.282 e. The first kappa shape index (κ1) is 18.1. The first-order valence-electron chi connectivity index (χ1n) is 8.42. The van der Waals surface area contributed by atoms with E-state index >= 15 is 0 Å². The van der Waals surface area contributed by atoms with Crippen LogP contribution in [0.1, 0.15) is 19.4 Å². The van der Waals surface area contributed by atoms with Gasteiger partial charge in [0.05, 0.1) is 17.8 Å². The maximum atomic E-state index is 12.9. The van der Waals surface area contributed by atoms with Crippen LogP contribution in [-0.2, 0) is 14.9 Å². The highest BCUT2D eigenvalue weighted by atomic mass is 32.2. The van der Waals surface area contributed by atoms with Crippen molar-refractivity contribution in [2.75, 3.05) is 44.2 Å². The molecule has 0 aromatic carbocycles. The molecule has 25 heavy (non-hydrogen) atoms. The summed E-state index contributed by atoms with van der Waals surface area (Å²) in [6, 6.07) is 5.59. The second-order valence-corrected chi connectivity index (χ2v) is 8.38. The normalized spacial score (nSPS) is 26.4. The SMILES string of the molecule is C[C@@H]1CN(S(=O)(=O)N2CCN(c3ncccc3C#N)CC2)C[C@H](C)O1. The molecule has 1 aromatic rings. The molecule has 2 aliphatic rings. The highest BCUT2D eigenvalue weighted by molar-refractivity contribution is 7.86. The number of morpholine rings is 1. The largest absolute Gasteiger partial charge is 0.373 e. The molecule has 2 aliphatic heterocycles. The minimum atomic E-state index is -3.50. The Hall–Kier alpha value is -1.73. The van der Waals surface area contributed by atoms with Crippen LogP contribution < -0.4 is 4.90 Å². The molecule has 1 aromatic heterocycles. The van der Waals surface area contributed by atoms with Gasteiger partial charge in [0, 0.05) is 45.5 Å². The van der Waals surface area contributed by atoms with Crippen molar-refractivity contribution in [2.24, 2.45) is 0 Å². The number of piperazine rings is 1. The Morgan fingerprint density at radius 1 is 1.16 bits per heavy atom. The molecule has 136 valence electrons. The zero-order valence-electron chi connectivity index (χ0n) is 14.5. The summed E-state index contributed by atoms with van der Waals surface area (Å²) in [5.41, 5.74) is 0.509. The van der Waals surface area contributed by atoms with Gasteiger partial charge in [-0.3, -0.25) is 0 Å². The summed E-state index contributed by atoms with van der Waals surface area (Å²) in [5.74, 6) is 0.621. The van der Waals surface area contributed by atoms with Crippen LogP contribution in [0.15, 0.2) is 18.3 Å². The van der Waals surface area contributed by atoms with Gasteiger partial charge in [-0.15, -0.1) is 0 Å². The molecule has 0 aliphatic carbocycles. The summed E-state index contributed by atoms with van der Waals surface area (Å²) in [6.07, 6.45) is 1.44. The number of aromatic nitrogens is 1. The average Bonchev–Trinajstić information content (AvgIpc) is 2.61. The van der Waals surface area contributed by atoms with Crippen LogP contribution in [0.3, 0.4) is 0 Å². The Bertz CT molecular complexity index is 745. The summed E-state index contributed by atoms with van der Waals surface area (Å²) < 4.78 is 34.5. The van der Waals surface area contributed by atoms with Gasteiger partial charge in [0.15, 0.2) is 0 Å². The lowest BCUT2D eigenvalue weighted by molar-refractivity contribution is -0.0455. The lowest BCUT2D eigenvalue weighted by Gasteiger charge is -2.40. The van der Waals surface area contributed by atoms with E-state index in [0.29, 0.717) is 50.6 Å². The zero-order valence-corrected chi connectivity index (χ0v) is 15.3. The number of ether oxygens (including phenoxy) is 1. The Morgan fingerprint density at radius 3 is 2.40 bits per heavy atom. The molecule has 0 bridgehead atoms. The number of anilines is 1. The highest BCUT2D eigenvalue weighted by Gasteiger charge is 2.37. The van der Waals surface area contributed by atoms with Crippen molar-refractivity contribution in [1.82, 2.24) is 13.6 Å². The predicted molar refractivity (Wildman–Crippen MR) is 93.2 cm³/mol. The first-order valence-corrected chi connectivity index (χ1v) is 9.82. The van der Waals surface area contributed by atoms with Crippen molar-refractivity contribution in [1.29, 1.82) is 5.26 Å². The zero-order chi connectivity index (χ0) is 18.0. The maximum absolute atomic E-state index is 12.9. The molecule has 2 atom stereocenters. The number of nitrogens with zero attached hydrogens (tertiary/aromatic N) is 5. The lowest BCUT2D eigenvalue weighted by atomic mass is 10.2. The van der Waals surface area contributed by atoms with Crippen LogP contribution in [0.25, 0.3) is 0 Å². The third kappa shape index (κ3) is 3.77. The van der Waals surface area contributed by atoms with E-state index in [-0.39, 0.29) is 12.2 Å². The number of hydrogen-bond acceptors (Lipinski definition) is 6. The van der Waals surface area contributed by atoms with E-state index in [0.717, 1.165) is 0 Å². The maximum Gasteiger partial charge on any atom is 0.282 e. The minimum Gasteiger partial charge on any atom is -0.373 e. The Morgan fingerprint density at radius 2 is 1.80 bits per heavy atom. The van der Waals surface area contributed by atoms with Crippen LogP contribution in [-0.4, -0.2) is 73.5 Å². The van der Waals surface area contributed by atoms with Crippen molar-refractivity contribution in [3.05, 3.63) is 23.9 Å². The molecule has 0 saturated carbocycles. The van der Waals surface area contributed by atoms with E-state index in [2.05, 4.69) is 11.1 Å². The van der Waals surface area contributed by atoms with Crippen LogP contribution in [0, 0.1) is 11.3 Å². The van der Waals surface area contributed by atoms with E-state index in [1.165, 1.54) is 8.61 Å². The summed E-state index contributed by atoms with van der Waals surface area (Å²) in [4.78, 5) is 6.25. The van der Waals surface area contributed by atoms with Crippen LogP contribution in [0.4, 0.5) is 5.82 Å². The van der Waals surface area contributed by atoms with Crippen molar-refractivity contribution >= 4 is 16.0 Å². The van der Waals surface area contributed by atoms with Gasteiger partial charge in [-0.1, -0.05) is 0 Å². The fourth-order valence-electron chi connectivity index (χ4n) is 3.35. The van der Waals surface area contributed by atoms with Crippen LogP contribution in [0.5, 0.6) is 0 Å². The Labute approximate surface area is 148 Å². The molecule has 3 heterocycles. The monoisotopic (exact) mass is 365 g/mol. The van der Waals surface area contributed by atoms with Gasteiger partial charge in [-0.2, -0.15) is 22.3 Å². The fourth-order valence-corrected chi connectivity index (χ4v) is 5.10. The van der Waals surface area contributed by atoms with Gasteiger partial charge >= 0.3 is 0 Å². The third-order valence-corrected chi connectivity index (χ3v) is 6.45. The van der Waals surface area contributed by atoms with E-state index in [4.69, 9.17) is 4.74 Å². The Kier molecular flexibility index (Phi) is 5.24. The van der Waals surface area contributed by atoms with Crippen LogP contribution >= 0.6 is 0 Å². The second-order valence-electron chi connectivity index (χ2n) is 6.45. The number of rotatable bonds is 3. The van der Waals surface area contributed by atoms with Crippen LogP contribution in [0.2, 0.25) is 0 Å². The second kappa shape index (κ2) is 7.25. The molecule has 0 radical (unpaired) electrons. The number of nitriles is 1. The molecule has 0 amide bonds. The molecule has 0 N–H and O–H groups in total. The summed E-state index contributed by atoms with van der Waals surface area (Å²) in [5, 5.41) is 9.21.